The van der Waals surface area contributed by atoms with E-state index in [1.807, 2.05) is 25.7 Å². The zero-order valence-electron chi connectivity index (χ0n) is 15.8. The van der Waals surface area contributed by atoms with E-state index in [9.17, 15) is 22.8 Å². The van der Waals surface area contributed by atoms with Crippen molar-refractivity contribution in [2.75, 3.05) is 25.0 Å². The van der Waals surface area contributed by atoms with Crippen molar-refractivity contribution in [2.24, 2.45) is 5.41 Å². The Morgan fingerprint density at radius 1 is 1.15 bits per heavy atom. The SMILES string of the molecule is CC(C)(C)C(=O)NC1CCN(CC(=O)Nc2cccc(C(F)(F)F)c2)CC1. The van der Waals surface area contributed by atoms with Crippen molar-refractivity contribution >= 4 is 17.5 Å². The van der Waals surface area contributed by atoms with Crippen LogP contribution < -0.4 is 10.6 Å². The minimum absolute atomic E-state index is 0.00300. The van der Waals surface area contributed by atoms with Gasteiger partial charge in [-0.3, -0.25) is 14.5 Å². The van der Waals surface area contributed by atoms with E-state index in [-0.39, 0.29) is 30.1 Å². The van der Waals surface area contributed by atoms with Crippen molar-refractivity contribution in [2.45, 2.75) is 45.8 Å². The quantitative estimate of drug-likeness (QED) is 0.836. The van der Waals surface area contributed by atoms with Gasteiger partial charge < -0.3 is 10.6 Å². The summed E-state index contributed by atoms with van der Waals surface area (Å²) in [6.07, 6.45) is -2.97. The highest BCUT2D eigenvalue weighted by Crippen LogP contribution is 2.30. The summed E-state index contributed by atoms with van der Waals surface area (Å²) < 4.78 is 38.2. The average molecular weight is 385 g/mol. The minimum atomic E-state index is -4.44. The molecule has 0 spiro atoms. The maximum atomic E-state index is 12.7. The normalized spacial score (nSPS) is 16.8. The molecule has 0 atom stereocenters. The second-order valence-electron chi connectivity index (χ2n) is 7.90. The molecule has 0 unspecified atom stereocenters. The molecule has 2 amide bonds. The van der Waals surface area contributed by atoms with E-state index < -0.39 is 17.2 Å². The van der Waals surface area contributed by atoms with Crippen LogP contribution in [0.4, 0.5) is 18.9 Å². The van der Waals surface area contributed by atoms with Gasteiger partial charge in [0, 0.05) is 30.2 Å². The van der Waals surface area contributed by atoms with Gasteiger partial charge in [-0.1, -0.05) is 26.8 Å². The molecule has 0 saturated carbocycles. The molecule has 1 saturated heterocycles. The van der Waals surface area contributed by atoms with Crippen molar-refractivity contribution in [1.82, 2.24) is 10.2 Å². The van der Waals surface area contributed by atoms with Crippen LogP contribution in [0.15, 0.2) is 24.3 Å². The van der Waals surface area contributed by atoms with Gasteiger partial charge in [0.2, 0.25) is 11.8 Å². The highest BCUT2D eigenvalue weighted by molar-refractivity contribution is 5.92. The summed E-state index contributed by atoms with van der Waals surface area (Å²) in [5, 5.41) is 5.53. The van der Waals surface area contributed by atoms with Crippen molar-refractivity contribution in [1.29, 1.82) is 0 Å². The number of benzene rings is 1. The highest BCUT2D eigenvalue weighted by Gasteiger charge is 2.31. The number of anilines is 1. The Balaban J connectivity index is 1.80. The Morgan fingerprint density at radius 2 is 1.78 bits per heavy atom. The van der Waals surface area contributed by atoms with Gasteiger partial charge in [0.05, 0.1) is 12.1 Å². The number of hydrogen-bond donors (Lipinski definition) is 2. The van der Waals surface area contributed by atoms with Crippen molar-refractivity contribution in [3.8, 4) is 0 Å². The fourth-order valence-corrected chi connectivity index (χ4v) is 2.81. The molecular weight excluding hydrogens is 359 g/mol. The van der Waals surface area contributed by atoms with Crippen molar-refractivity contribution < 1.29 is 22.8 Å². The molecule has 1 aromatic carbocycles. The van der Waals surface area contributed by atoms with Crippen LogP contribution in [0, 0.1) is 5.41 Å². The third-order valence-electron chi connectivity index (χ3n) is 4.44. The van der Waals surface area contributed by atoms with E-state index in [0.717, 1.165) is 25.0 Å². The van der Waals surface area contributed by atoms with Crippen LogP contribution in [0.1, 0.15) is 39.2 Å². The maximum Gasteiger partial charge on any atom is 0.416 e. The lowest BCUT2D eigenvalue weighted by atomic mass is 9.94. The lowest BCUT2D eigenvalue weighted by Crippen LogP contribution is -2.48. The smallest absolute Gasteiger partial charge is 0.353 e. The number of nitrogens with zero attached hydrogens (tertiary/aromatic N) is 1. The molecule has 1 aliphatic rings. The van der Waals surface area contributed by atoms with Crippen LogP contribution >= 0.6 is 0 Å². The first-order chi connectivity index (χ1) is 12.4. The van der Waals surface area contributed by atoms with Gasteiger partial charge in [-0.2, -0.15) is 13.2 Å². The van der Waals surface area contributed by atoms with Crippen LogP contribution in [0.25, 0.3) is 0 Å². The molecule has 1 aromatic rings. The summed E-state index contributed by atoms with van der Waals surface area (Å²) in [6, 6.07) is 4.67. The number of carbonyl (C=O) groups is 2. The second kappa shape index (κ2) is 8.29. The zero-order chi connectivity index (χ0) is 20.2. The molecule has 8 heteroatoms. The topological polar surface area (TPSA) is 61.4 Å². The van der Waals surface area contributed by atoms with Crippen molar-refractivity contribution in [3.63, 3.8) is 0 Å². The Morgan fingerprint density at radius 3 is 2.33 bits per heavy atom. The maximum absolute atomic E-state index is 12.7. The summed E-state index contributed by atoms with van der Waals surface area (Å²) in [7, 11) is 0. The van der Waals surface area contributed by atoms with E-state index in [2.05, 4.69) is 10.6 Å². The fraction of sp³-hybridized carbons (Fsp3) is 0.579. The Labute approximate surface area is 157 Å². The van der Waals surface area contributed by atoms with E-state index in [4.69, 9.17) is 0 Å². The molecule has 1 fully saturated rings. The van der Waals surface area contributed by atoms with Gasteiger partial charge in [0.1, 0.15) is 0 Å². The molecule has 1 aliphatic heterocycles. The van der Waals surface area contributed by atoms with Gasteiger partial charge in [-0.05, 0) is 31.0 Å². The van der Waals surface area contributed by atoms with Crippen LogP contribution in [0.3, 0.4) is 0 Å². The van der Waals surface area contributed by atoms with E-state index in [0.29, 0.717) is 13.1 Å². The van der Waals surface area contributed by atoms with Gasteiger partial charge in [0.15, 0.2) is 0 Å². The van der Waals surface area contributed by atoms with Gasteiger partial charge >= 0.3 is 6.18 Å². The molecule has 0 aromatic heterocycles. The zero-order valence-corrected chi connectivity index (χ0v) is 15.8. The summed E-state index contributed by atoms with van der Waals surface area (Å²) in [4.78, 5) is 26.1. The third kappa shape index (κ3) is 6.53. The highest BCUT2D eigenvalue weighted by atomic mass is 19.4. The Kier molecular flexibility index (Phi) is 6.51. The van der Waals surface area contributed by atoms with Crippen molar-refractivity contribution in [3.05, 3.63) is 29.8 Å². The molecule has 27 heavy (non-hydrogen) atoms. The monoisotopic (exact) mass is 385 g/mol. The summed E-state index contributed by atoms with van der Waals surface area (Å²) >= 11 is 0. The molecule has 0 radical (unpaired) electrons. The van der Waals surface area contributed by atoms with Gasteiger partial charge in [-0.15, -0.1) is 0 Å². The first-order valence-electron chi connectivity index (χ1n) is 8.95. The molecule has 150 valence electrons. The molecule has 0 bridgehead atoms. The second-order valence-corrected chi connectivity index (χ2v) is 7.90. The van der Waals surface area contributed by atoms with E-state index in [1.165, 1.54) is 12.1 Å². The number of piperidine rings is 1. The van der Waals surface area contributed by atoms with Gasteiger partial charge in [0.25, 0.3) is 0 Å². The molecule has 1 heterocycles. The Hall–Kier alpha value is -2.09. The molecule has 2 N–H and O–H groups in total. The van der Waals surface area contributed by atoms with Crippen LogP contribution in [0.2, 0.25) is 0 Å². The number of rotatable bonds is 4. The number of halogens is 3. The number of amides is 2. The first-order valence-corrected chi connectivity index (χ1v) is 8.95. The number of carbonyl (C=O) groups excluding carboxylic acids is 2. The minimum Gasteiger partial charge on any atom is -0.353 e. The van der Waals surface area contributed by atoms with Gasteiger partial charge in [-0.25, -0.2) is 0 Å². The fourth-order valence-electron chi connectivity index (χ4n) is 2.81. The summed E-state index contributed by atoms with van der Waals surface area (Å²) in [6.45, 7) is 6.97. The number of likely N-dealkylation sites (tertiary alicyclic amines) is 1. The molecular formula is C19H26F3N3O2. The number of hydrogen-bond acceptors (Lipinski definition) is 3. The number of nitrogens with one attached hydrogen (secondary N) is 2. The van der Waals surface area contributed by atoms with E-state index in [1.54, 1.807) is 0 Å². The standard InChI is InChI=1S/C19H26F3N3O2/c1-18(2,3)17(27)24-14-7-9-25(10-8-14)12-16(26)23-15-6-4-5-13(11-15)19(20,21)22/h4-6,11,14H,7-10,12H2,1-3H3,(H,23,26)(H,24,27). The first kappa shape index (κ1) is 21.2. The molecule has 0 aliphatic carbocycles. The van der Waals surface area contributed by atoms with Crippen LogP contribution in [-0.2, 0) is 15.8 Å². The lowest BCUT2D eigenvalue weighted by molar-refractivity contribution is -0.137. The predicted molar refractivity (Wildman–Crippen MR) is 97.1 cm³/mol. The largest absolute Gasteiger partial charge is 0.416 e. The molecule has 2 rings (SSSR count). The molecule has 5 nitrogen and oxygen atoms in total. The Bertz CT molecular complexity index is 676. The van der Waals surface area contributed by atoms with Crippen LogP contribution in [-0.4, -0.2) is 42.4 Å². The number of alkyl halides is 3. The lowest BCUT2D eigenvalue weighted by Gasteiger charge is -2.33. The summed E-state index contributed by atoms with van der Waals surface area (Å²) in [5.41, 5.74) is -1.11. The predicted octanol–water partition coefficient (Wildman–Crippen LogP) is 3.27. The summed E-state index contributed by atoms with van der Waals surface area (Å²) in [5.74, 6) is -0.352. The van der Waals surface area contributed by atoms with Crippen LogP contribution in [0.5, 0.6) is 0 Å². The average Bonchev–Trinajstić information content (AvgIpc) is 2.55. The van der Waals surface area contributed by atoms with E-state index >= 15 is 0 Å². The third-order valence-corrected chi connectivity index (χ3v) is 4.44.